The highest BCUT2D eigenvalue weighted by molar-refractivity contribution is 6.30. The Bertz CT molecular complexity index is 920. The normalized spacial score (nSPS) is 14.2. The standard InChI is InChI=1S/C23H23ClN2O4/c24-18-12-10-17(11-13-18)20(14-16-6-2-1-3-7-16)22(28)30-15-21(27)26-23(29)25-19-8-4-5-9-19/h1-3,6-7,10-14,19H,4-5,8-9,15H2,(H2,25,26,27,29)/b20-14+. The van der Waals surface area contributed by atoms with Crippen molar-refractivity contribution >= 4 is 41.2 Å². The predicted octanol–water partition coefficient (Wildman–Crippen LogP) is 4.19. The minimum absolute atomic E-state index is 0.0886. The molecule has 0 aromatic heterocycles. The van der Waals surface area contributed by atoms with Crippen LogP contribution in [0.1, 0.15) is 36.8 Å². The van der Waals surface area contributed by atoms with Crippen molar-refractivity contribution in [1.82, 2.24) is 10.6 Å². The van der Waals surface area contributed by atoms with Crippen LogP contribution in [-0.4, -0.2) is 30.6 Å². The molecule has 156 valence electrons. The average Bonchev–Trinajstić information content (AvgIpc) is 3.24. The number of urea groups is 1. The van der Waals surface area contributed by atoms with E-state index in [1.807, 2.05) is 30.3 Å². The first-order chi connectivity index (χ1) is 14.5. The third-order valence-electron chi connectivity index (χ3n) is 4.76. The fourth-order valence-electron chi connectivity index (χ4n) is 3.27. The van der Waals surface area contributed by atoms with E-state index in [9.17, 15) is 14.4 Å². The maximum Gasteiger partial charge on any atom is 0.339 e. The molecule has 2 aromatic rings. The van der Waals surface area contributed by atoms with Gasteiger partial charge < -0.3 is 10.1 Å². The molecule has 0 bridgehead atoms. The molecule has 1 saturated carbocycles. The van der Waals surface area contributed by atoms with Crippen molar-refractivity contribution in [3.05, 3.63) is 70.7 Å². The molecular weight excluding hydrogens is 404 g/mol. The molecule has 1 fully saturated rings. The van der Waals surface area contributed by atoms with Crippen LogP contribution in [0.4, 0.5) is 4.79 Å². The van der Waals surface area contributed by atoms with Gasteiger partial charge in [-0.05, 0) is 42.2 Å². The lowest BCUT2D eigenvalue weighted by molar-refractivity contribution is -0.142. The maximum absolute atomic E-state index is 12.7. The number of nitrogens with one attached hydrogen (secondary N) is 2. The zero-order valence-electron chi connectivity index (χ0n) is 16.4. The molecule has 3 rings (SSSR count). The Hall–Kier alpha value is -3.12. The number of carbonyl (C=O) groups excluding carboxylic acids is 3. The summed E-state index contributed by atoms with van der Waals surface area (Å²) in [6, 6.07) is 15.5. The Morgan fingerprint density at radius 1 is 1.00 bits per heavy atom. The van der Waals surface area contributed by atoms with Gasteiger partial charge in [0.2, 0.25) is 0 Å². The number of esters is 1. The molecule has 2 aromatic carbocycles. The van der Waals surface area contributed by atoms with Crippen molar-refractivity contribution in [2.45, 2.75) is 31.7 Å². The zero-order chi connectivity index (χ0) is 21.3. The number of halogens is 1. The second-order valence-electron chi connectivity index (χ2n) is 7.05. The van der Waals surface area contributed by atoms with Crippen LogP contribution in [0, 0.1) is 0 Å². The minimum atomic E-state index is -0.686. The molecule has 0 heterocycles. The molecule has 0 atom stereocenters. The van der Waals surface area contributed by atoms with E-state index in [1.54, 1.807) is 30.3 Å². The van der Waals surface area contributed by atoms with Gasteiger partial charge in [0, 0.05) is 11.1 Å². The monoisotopic (exact) mass is 426 g/mol. The van der Waals surface area contributed by atoms with Crippen LogP contribution in [0.2, 0.25) is 5.02 Å². The molecule has 0 radical (unpaired) electrons. The Labute approximate surface area is 180 Å². The van der Waals surface area contributed by atoms with Gasteiger partial charge in [0.1, 0.15) is 0 Å². The van der Waals surface area contributed by atoms with Crippen LogP contribution < -0.4 is 10.6 Å². The molecule has 6 nitrogen and oxygen atoms in total. The second kappa shape index (κ2) is 10.6. The average molecular weight is 427 g/mol. The maximum atomic E-state index is 12.7. The highest BCUT2D eigenvalue weighted by atomic mass is 35.5. The fraction of sp³-hybridized carbons (Fsp3) is 0.261. The topological polar surface area (TPSA) is 84.5 Å². The van der Waals surface area contributed by atoms with Crippen molar-refractivity contribution in [1.29, 1.82) is 0 Å². The molecule has 1 aliphatic carbocycles. The van der Waals surface area contributed by atoms with E-state index in [0.29, 0.717) is 10.6 Å². The number of hydrogen-bond acceptors (Lipinski definition) is 4. The molecule has 0 aliphatic heterocycles. The first kappa shape index (κ1) is 21.6. The molecule has 1 aliphatic rings. The minimum Gasteiger partial charge on any atom is -0.452 e. The van der Waals surface area contributed by atoms with Gasteiger partial charge in [-0.25, -0.2) is 9.59 Å². The lowest BCUT2D eigenvalue weighted by Crippen LogP contribution is -2.45. The molecule has 0 unspecified atom stereocenters. The first-order valence-electron chi connectivity index (χ1n) is 9.81. The van der Waals surface area contributed by atoms with Gasteiger partial charge >= 0.3 is 12.0 Å². The van der Waals surface area contributed by atoms with Crippen LogP contribution in [-0.2, 0) is 14.3 Å². The van der Waals surface area contributed by atoms with Gasteiger partial charge in [-0.15, -0.1) is 0 Å². The molecule has 0 saturated heterocycles. The number of hydrogen-bond donors (Lipinski definition) is 2. The van der Waals surface area contributed by atoms with E-state index in [0.717, 1.165) is 31.2 Å². The van der Waals surface area contributed by atoms with E-state index in [1.165, 1.54) is 0 Å². The number of ether oxygens (including phenoxy) is 1. The van der Waals surface area contributed by atoms with E-state index in [-0.39, 0.29) is 11.6 Å². The Balaban J connectivity index is 1.63. The zero-order valence-corrected chi connectivity index (χ0v) is 17.2. The van der Waals surface area contributed by atoms with Crippen molar-refractivity contribution in [3.63, 3.8) is 0 Å². The van der Waals surface area contributed by atoms with E-state index < -0.39 is 24.5 Å². The Kier molecular flexibility index (Phi) is 7.63. The predicted molar refractivity (Wildman–Crippen MR) is 116 cm³/mol. The summed E-state index contributed by atoms with van der Waals surface area (Å²) in [5.41, 5.74) is 1.69. The molecule has 7 heteroatoms. The summed E-state index contributed by atoms with van der Waals surface area (Å²) in [7, 11) is 0. The molecule has 0 spiro atoms. The molecular formula is C23H23ClN2O4. The third kappa shape index (κ3) is 6.46. The second-order valence-corrected chi connectivity index (χ2v) is 7.49. The highest BCUT2D eigenvalue weighted by Gasteiger charge is 2.20. The molecule has 30 heavy (non-hydrogen) atoms. The van der Waals surface area contributed by atoms with Crippen LogP contribution in [0.3, 0.4) is 0 Å². The summed E-state index contributed by atoms with van der Waals surface area (Å²) in [6.07, 6.45) is 5.63. The lowest BCUT2D eigenvalue weighted by atomic mass is 10.0. The number of benzene rings is 2. The van der Waals surface area contributed by atoms with Crippen LogP contribution >= 0.6 is 11.6 Å². The van der Waals surface area contributed by atoms with Gasteiger partial charge in [0.25, 0.3) is 5.91 Å². The SMILES string of the molecule is O=C(COC(=O)/C(=C/c1ccccc1)c1ccc(Cl)cc1)NC(=O)NC1CCCC1. The van der Waals surface area contributed by atoms with Crippen LogP contribution in [0.5, 0.6) is 0 Å². The van der Waals surface area contributed by atoms with Crippen molar-refractivity contribution in [3.8, 4) is 0 Å². The number of amides is 3. The third-order valence-corrected chi connectivity index (χ3v) is 5.02. The highest BCUT2D eigenvalue weighted by Crippen LogP contribution is 2.22. The van der Waals surface area contributed by atoms with Crippen LogP contribution in [0.15, 0.2) is 54.6 Å². The summed E-state index contributed by atoms with van der Waals surface area (Å²) in [5.74, 6) is -1.36. The number of imide groups is 1. The van der Waals surface area contributed by atoms with E-state index in [2.05, 4.69) is 10.6 Å². The largest absolute Gasteiger partial charge is 0.452 e. The number of carbonyl (C=O) groups is 3. The summed E-state index contributed by atoms with van der Waals surface area (Å²) in [6.45, 7) is -0.559. The first-order valence-corrected chi connectivity index (χ1v) is 10.2. The number of rotatable bonds is 6. The van der Waals surface area contributed by atoms with Crippen molar-refractivity contribution in [2.24, 2.45) is 0 Å². The Morgan fingerprint density at radius 3 is 2.33 bits per heavy atom. The van der Waals surface area contributed by atoms with Crippen molar-refractivity contribution < 1.29 is 19.1 Å². The summed E-state index contributed by atoms with van der Waals surface area (Å²) >= 11 is 5.94. The Morgan fingerprint density at radius 2 is 1.67 bits per heavy atom. The summed E-state index contributed by atoms with van der Waals surface area (Å²) < 4.78 is 5.16. The van der Waals surface area contributed by atoms with Crippen molar-refractivity contribution in [2.75, 3.05) is 6.61 Å². The summed E-state index contributed by atoms with van der Waals surface area (Å²) in [4.78, 5) is 36.6. The summed E-state index contributed by atoms with van der Waals surface area (Å²) in [5, 5.41) is 5.48. The lowest BCUT2D eigenvalue weighted by Gasteiger charge is -2.13. The molecule has 3 amide bonds. The van der Waals surface area contributed by atoms with Gasteiger partial charge in [-0.2, -0.15) is 0 Å². The van der Waals surface area contributed by atoms with E-state index in [4.69, 9.17) is 16.3 Å². The van der Waals surface area contributed by atoms with Gasteiger partial charge in [-0.1, -0.05) is 66.9 Å². The van der Waals surface area contributed by atoms with Gasteiger partial charge in [0.15, 0.2) is 6.61 Å². The van der Waals surface area contributed by atoms with Gasteiger partial charge in [0.05, 0.1) is 5.57 Å². The smallest absolute Gasteiger partial charge is 0.339 e. The van der Waals surface area contributed by atoms with E-state index >= 15 is 0 Å². The quantitative estimate of drug-likeness (QED) is 0.412. The van der Waals surface area contributed by atoms with Gasteiger partial charge in [-0.3, -0.25) is 10.1 Å². The molecule has 2 N–H and O–H groups in total. The van der Waals surface area contributed by atoms with Crippen LogP contribution in [0.25, 0.3) is 11.6 Å². The fourth-order valence-corrected chi connectivity index (χ4v) is 3.39.